The number of nitrogens with zero attached hydrogens (tertiary/aromatic N) is 1. The summed E-state index contributed by atoms with van der Waals surface area (Å²) in [7, 11) is 0. The van der Waals surface area contributed by atoms with Crippen LogP contribution in [0.25, 0.3) is 11.3 Å². The topological polar surface area (TPSA) is 56.0 Å². The molecule has 0 saturated heterocycles. The molecule has 0 atom stereocenters. The summed E-state index contributed by atoms with van der Waals surface area (Å²) in [6.45, 7) is 17.5. The second-order valence-corrected chi connectivity index (χ2v) is 3.98. The van der Waals surface area contributed by atoms with E-state index in [-0.39, 0.29) is 27.1 Å². The van der Waals surface area contributed by atoms with Crippen LogP contribution in [0.3, 0.4) is 0 Å². The molecule has 158 valence electrons. The van der Waals surface area contributed by atoms with Crippen molar-refractivity contribution >= 4 is 11.5 Å². The number of carbonyl (C=O) groups is 1. The smallest absolute Gasteiger partial charge is 0.135 e. The minimum absolute atomic E-state index is 0. The number of carbonyl (C=O) groups excluding carboxylic acids is 1. The van der Waals surface area contributed by atoms with E-state index in [2.05, 4.69) is 4.98 Å². The normalized spacial score (nSPS) is 7.30. The summed E-state index contributed by atoms with van der Waals surface area (Å²) in [6, 6.07) is 13.5. The van der Waals surface area contributed by atoms with Gasteiger partial charge in [0.2, 0.25) is 0 Å². The highest BCUT2D eigenvalue weighted by Gasteiger charge is 2.06. The van der Waals surface area contributed by atoms with E-state index in [0.29, 0.717) is 11.4 Å². The number of aromatic nitrogens is 1. The number of pyridine rings is 1. The van der Waals surface area contributed by atoms with Crippen LogP contribution >= 0.6 is 0 Å². The number of hydrogen-bond acceptors (Lipinski definition) is 3. The third-order valence-corrected chi connectivity index (χ3v) is 2.50. The number of anilines is 1. The number of hydrogen-bond donors (Lipinski definition) is 1. The Balaban J connectivity index is -0.000000144. The van der Waals surface area contributed by atoms with E-state index in [1.165, 1.54) is 6.92 Å². The lowest BCUT2D eigenvalue weighted by molar-refractivity contribution is -0.116. The first-order valence-electron chi connectivity index (χ1n) is 9.47. The van der Waals surface area contributed by atoms with Gasteiger partial charge in [0.25, 0.3) is 0 Å². The van der Waals surface area contributed by atoms with Crippen molar-refractivity contribution in [1.29, 1.82) is 0 Å². The molecule has 2 N–H and O–H groups in total. The van der Waals surface area contributed by atoms with E-state index in [0.717, 1.165) is 11.3 Å². The van der Waals surface area contributed by atoms with Gasteiger partial charge in [-0.2, -0.15) is 0 Å². The third kappa shape index (κ3) is 15.8. The van der Waals surface area contributed by atoms with E-state index >= 15 is 0 Å². The summed E-state index contributed by atoms with van der Waals surface area (Å²) in [5, 5.41) is 0. The lowest BCUT2D eigenvalue weighted by atomic mass is 10.1. The summed E-state index contributed by atoms with van der Waals surface area (Å²) in [5.41, 5.74) is 8.89. The van der Waals surface area contributed by atoms with Gasteiger partial charge in [0.05, 0.1) is 23.5 Å². The molecule has 2 aromatic rings. The van der Waals surface area contributed by atoms with Crippen LogP contribution in [0.15, 0.2) is 42.5 Å². The van der Waals surface area contributed by atoms with Gasteiger partial charge in [0, 0.05) is 5.56 Å². The number of rotatable bonds is 3. The van der Waals surface area contributed by atoms with Crippen molar-refractivity contribution < 1.29 is 4.79 Å². The fourth-order valence-corrected chi connectivity index (χ4v) is 1.66. The van der Waals surface area contributed by atoms with E-state index in [1.807, 2.05) is 91.8 Å². The standard InChI is InChI=1S/C14H14N2O.4C2H6.2CH4/c1-10(17)9-14-12(15)7-8-13(16-14)11-5-3-2-4-6-11;4*1-2;;/h2-8H,9,15H2,1H3;4*1-2H3;2*1H4. The number of ketones is 1. The zero-order valence-corrected chi connectivity index (χ0v) is 17.7. The van der Waals surface area contributed by atoms with Crippen LogP contribution in [0.1, 0.15) is 82.9 Å². The molecule has 0 saturated carbocycles. The molecule has 0 bridgehead atoms. The monoisotopic (exact) mass is 378 g/mol. The van der Waals surface area contributed by atoms with E-state index < -0.39 is 0 Å². The predicted octanol–water partition coefficient (Wildman–Crippen LogP) is 7.84. The molecule has 0 amide bonds. The highest BCUT2D eigenvalue weighted by molar-refractivity contribution is 5.79. The van der Waals surface area contributed by atoms with Gasteiger partial charge in [-0.1, -0.05) is 101 Å². The highest BCUT2D eigenvalue weighted by atomic mass is 16.1. The first kappa shape index (κ1) is 35.9. The van der Waals surface area contributed by atoms with Crippen molar-refractivity contribution in [3.63, 3.8) is 0 Å². The first-order valence-corrected chi connectivity index (χ1v) is 9.47. The van der Waals surface area contributed by atoms with Crippen LogP contribution in [0.4, 0.5) is 5.69 Å². The summed E-state index contributed by atoms with van der Waals surface area (Å²) in [5.74, 6) is 0.0643. The van der Waals surface area contributed by atoms with Crippen LogP contribution < -0.4 is 5.73 Å². The average molecular weight is 379 g/mol. The Labute approximate surface area is 170 Å². The third-order valence-electron chi connectivity index (χ3n) is 2.50. The SMILES string of the molecule is C.C.CC.CC.CC.CC.CC(=O)Cc1nc(-c2ccccc2)ccc1N. The average Bonchev–Trinajstić information content (AvgIpc) is 2.70. The largest absolute Gasteiger partial charge is 0.397 e. The van der Waals surface area contributed by atoms with Crippen molar-refractivity contribution in [1.82, 2.24) is 4.98 Å². The summed E-state index contributed by atoms with van der Waals surface area (Å²) in [4.78, 5) is 15.6. The Kier molecular flexibility index (Phi) is 34.6. The van der Waals surface area contributed by atoms with Crippen LogP contribution in [-0.4, -0.2) is 10.8 Å². The van der Waals surface area contributed by atoms with Crippen LogP contribution in [-0.2, 0) is 11.2 Å². The minimum Gasteiger partial charge on any atom is -0.397 e. The van der Waals surface area contributed by atoms with E-state index in [1.54, 1.807) is 6.07 Å². The molecule has 0 unspecified atom stereocenters. The Morgan fingerprint density at radius 1 is 0.815 bits per heavy atom. The summed E-state index contributed by atoms with van der Waals surface area (Å²) in [6.07, 6.45) is 0.284. The Morgan fingerprint density at radius 2 is 1.26 bits per heavy atom. The molecule has 1 aromatic heterocycles. The maximum absolute atomic E-state index is 11.1. The van der Waals surface area contributed by atoms with Crippen molar-refractivity contribution in [2.75, 3.05) is 5.73 Å². The van der Waals surface area contributed by atoms with Gasteiger partial charge in [-0.25, -0.2) is 0 Å². The Morgan fingerprint density at radius 3 is 1.67 bits per heavy atom. The van der Waals surface area contributed by atoms with Crippen LogP contribution in [0, 0.1) is 0 Å². The molecule has 0 radical (unpaired) electrons. The highest BCUT2D eigenvalue weighted by Crippen LogP contribution is 2.20. The second kappa shape index (κ2) is 26.1. The zero-order valence-electron chi connectivity index (χ0n) is 17.7. The molecule has 27 heavy (non-hydrogen) atoms. The van der Waals surface area contributed by atoms with E-state index in [4.69, 9.17) is 5.73 Å². The molecule has 1 heterocycles. The molecule has 3 nitrogen and oxygen atoms in total. The maximum Gasteiger partial charge on any atom is 0.135 e. The molecular formula is C24H46N2O. The molecule has 1 aromatic carbocycles. The molecule has 2 rings (SSSR count). The molecule has 0 aliphatic heterocycles. The van der Waals surface area contributed by atoms with Crippen molar-refractivity contribution in [2.24, 2.45) is 0 Å². The lowest BCUT2D eigenvalue weighted by Crippen LogP contribution is -2.04. The number of Topliss-reactive ketones (excluding diaryl/α,β-unsaturated/α-hetero) is 1. The predicted molar refractivity (Wildman–Crippen MR) is 127 cm³/mol. The molecule has 0 spiro atoms. The number of nitrogen functional groups attached to an aromatic ring is 1. The van der Waals surface area contributed by atoms with Crippen molar-refractivity contribution in [2.45, 2.75) is 83.6 Å². The summed E-state index contributed by atoms with van der Waals surface area (Å²) < 4.78 is 0. The lowest BCUT2D eigenvalue weighted by Gasteiger charge is -2.06. The molecule has 0 aliphatic carbocycles. The van der Waals surface area contributed by atoms with Gasteiger partial charge in [-0.05, 0) is 19.1 Å². The van der Waals surface area contributed by atoms with Gasteiger partial charge in [-0.3, -0.25) is 9.78 Å². The van der Waals surface area contributed by atoms with Crippen molar-refractivity contribution in [3.05, 3.63) is 48.2 Å². The van der Waals surface area contributed by atoms with E-state index in [9.17, 15) is 4.79 Å². The second-order valence-electron chi connectivity index (χ2n) is 3.98. The molecule has 0 aliphatic rings. The summed E-state index contributed by atoms with van der Waals surface area (Å²) >= 11 is 0. The van der Waals surface area contributed by atoms with Gasteiger partial charge in [-0.15, -0.1) is 0 Å². The van der Waals surface area contributed by atoms with Crippen molar-refractivity contribution in [3.8, 4) is 11.3 Å². The minimum atomic E-state index is 0. The first-order chi connectivity index (χ1) is 12.2. The van der Waals surface area contributed by atoms with Gasteiger partial charge >= 0.3 is 0 Å². The fraction of sp³-hybridized carbons (Fsp3) is 0.500. The van der Waals surface area contributed by atoms with Crippen LogP contribution in [0.5, 0.6) is 0 Å². The fourth-order valence-electron chi connectivity index (χ4n) is 1.66. The van der Waals surface area contributed by atoms with Gasteiger partial charge in [0.1, 0.15) is 5.78 Å². The zero-order chi connectivity index (χ0) is 20.3. The molecule has 3 heteroatoms. The van der Waals surface area contributed by atoms with Crippen LogP contribution in [0.2, 0.25) is 0 Å². The van der Waals surface area contributed by atoms with Gasteiger partial charge in [0.15, 0.2) is 0 Å². The number of nitrogens with two attached hydrogens (primary N) is 1. The quantitative estimate of drug-likeness (QED) is 0.591. The Bertz CT molecular complexity index is 537. The number of benzene rings is 1. The molecular weight excluding hydrogens is 332 g/mol. The van der Waals surface area contributed by atoms with Gasteiger partial charge < -0.3 is 5.73 Å². The Hall–Kier alpha value is -2.16. The maximum atomic E-state index is 11.1. The molecule has 0 fully saturated rings.